The number of hydrogen-bond donors (Lipinski definition) is 0. The van der Waals surface area contributed by atoms with E-state index in [4.69, 9.17) is 0 Å². The van der Waals surface area contributed by atoms with Crippen LogP contribution >= 0.6 is 0 Å². The second kappa shape index (κ2) is 4.77. The van der Waals surface area contributed by atoms with Crippen molar-refractivity contribution in [1.29, 1.82) is 0 Å². The molecule has 0 aliphatic carbocycles. The highest BCUT2D eigenvalue weighted by atomic mass is 15.4. The maximum Gasteiger partial charge on any atom is 0.0728 e. The molecule has 0 aliphatic heterocycles. The highest BCUT2D eigenvalue weighted by Crippen LogP contribution is 1.98. The van der Waals surface area contributed by atoms with Gasteiger partial charge in [0.2, 0.25) is 0 Å². The maximum atomic E-state index is 4.00. The molecule has 0 unspecified atom stereocenters. The number of hydrogen-bond acceptors (Lipinski definition) is 3. The van der Waals surface area contributed by atoms with Crippen LogP contribution in [0.2, 0.25) is 0 Å². The van der Waals surface area contributed by atoms with Crippen LogP contribution in [0.3, 0.4) is 0 Å². The first-order chi connectivity index (χ1) is 6.24. The zero-order valence-corrected chi connectivity index (χ0v) is 8.27. The SMILES string of the molecule is C=CCc1cnnn1CCN(C)C. The minimum absolute atomic E-state index is 0.834. The second-order valence-electron chi connectivity index (χ2n) is 3.24. The summed E-state index contributed by atoms with van der Waals surface area (Å²) < 4.78 is 1.92. The molecule has 4 nitrogen and oxygen atoms in total. The summed E-state index contributed by atoms with van der Waals surface area (Å²) in [7, 11) is 4.09. The van der Waals surface area contributed by atoms with Crippen molar-refractivity contribution in [2.75, 3.05) is 20.6 Å². The molecule has 0 aliphatic rings. The number of rotatable bonds is 5. The van der Waals surface area contributed by atoms with E-state index in [1.807, 2.05) is 24.9 Å². The lowest BCUT2D eigenvalue weighted by Crippen LogP contribution is -2.20. The van der Waals surface area contributed by atoms with Crippen LogP contribution in [-0.2, 0) is 13.0 Å². The third-order valence-corrected chi connectivity index (χ3v) is 1.81. The van der Waals surface area contributed by atoms with E-state index in [-0.39, 0.29) is 0 Å². The molecule has 1 aromatic rings. The van der Waals surface area contributed by atoms with Crippen molar-refractivity contribution in [1.82, 2.24) is 19.9 Å². The van der Waals surface area contributed by atoms with Crippen molar-refractivity contribution >= 4 is 0 Å². The van der Waals surface area contributed by atoms with Crippen molar-refractivity contribution in [3.8, 4) is 0 Å². The first kappa shape index (κ1) is 9.92. The topological polar surface area (TPSA) is 34.0 Å². The molecule has 0 fully saturated rings. The van der Waals surface area contributed by atoms with Crippen LogP contribution in [0.4, 0.5) is 0 Å². The fraction of sp³-hybridized carbons (Fsp3) is 0.556. The van der Waals surface area contributed by atoms with Gasteiger partial charge in [0.1, 0.15) is 0 Å². The largest absolute Gasteiger partial charge is 0.308 e. The van der Waals surface area contributed by atoms with E-state index in [0.717, 1.165) is 25.2 Å². The molecule has 1 aromatic heterocycles. The van der Waals surface area contributed by atoms with Gasteiger partial charge in [-0.05, 0) is 14.1 Å². The second-order valence-corrected chi connectivity index (χ2v) is 3.24. The summed E-state index contributed by atoms with van der Waals surface area (Å²) in [5.74, 6) is 0. The highest BCUT2D eigenvalue weighted by Gasteiger charge is 2.01. The van der Waals surface area contributed by atoms with Gasteiger partial charge in [0.05, 0.1) is 18.4 Å². The quantitative estimate of drug-likeness (QED) is 0.621. The van der Waals surface area contributed by atoms with Crippen LogP contribution in [0.1, 0.15) is 5.69 Å². The summed E-state index contributed by atoms with van der Waals surface area (Å²) in [6.45, 7) is 5.56. The van der Waals surface area contributed by atoms with Crippen molar-refractivity contribution in [2.24, 2.45) is 0 Å². The number of likely N-dealkylation sites (N-methyl/N-ethyl adjacent to an activating group) is 1. The molecular weight excluding hydrogens is 164 g/mol. The van der Waals surface area contributed by atoms with Gasteiger partial charge in [-0.3, -0.25) is 0 Å². The van der Waals surface area contributed by atoms with Crippen LogP contribution in [0.15, 0.2) is 18.9 Å². The maximum absolute atomic E-state index is 4.00. The number of aromatic nitrogens is 3. The van der Waals surface area contributed by atoms with E-state index >= 15 is 0 Å². The molecule has 0 saturated heterocycles. The minimum atomic E-state index is 0.834. The molecule has 1 heterocycles. The summed E-state index contributed by atoms with van der Waals surface area (Å²) >= 11 is 0. The Morgan fingerprint density at radius 3 is 3.00 bits per heavy atom. The van der Waals surface area contributed by atoms with Crippen molar-refractivity contribution in [3.63, 3.8) is 0 Å². The van der Waals surface area contributed by atoms with Gasteiger partial charge in [-0.1, -0.05) is 11.3 Å². The summed E-state index contributed by atoms with van der Waals surface area (Å²) in [5.41, 5.74) is 1.12. The van der Waals surface area contributed by atoms with Crippen LogP contribution in [0.25, 0.3) is 0 Å². The van der Waals surface area contributed by atoms with Crippen molar-refractivity contribution < 1.29 is 0 Å². The van der Waals surface area contributed by atoms with Gasteiger partial charge in [-0.25, -0.2) is 4.68 Å². The third-order valence-electron chi connectivity index (χ3n) is 1.81. The zero-order valence-electron chi connectivity index (χ0n) is 8.27. The molecule has 0 aromatic carbocycles. The average molecular weight is 180 g/mol. The predicted molar refractivity (Wildman–Crippen MR) is 52.5 cm³/mol. The van der Waals surface area contributed by atoms with Gasteiger partial charge in [0.15, 0.2) is 0 Å². The highest BCUT2D eigenvalue weighted by molar-refractivity contribution is 4.99. The Kier molecular flexibility index (Phi) is 3.64. The lowest BCUT2D eigenvalue weighted by molar-refractivity contribution is 0.367. The van der Waals surface area contributed by atoms with Gasteiger partial charge in [-0.15, -0.1) is 11.7 Å². The minimum Gasteiger partial charge on any atom is -0.308 e. The van der Waals surface area contributed by atoms with E-state index in [1.54, 1.807) is 6.20 Å². The number of nitrogens with zero attached hydrogens (tertiary/aromatic N) is 4. The Balaban J connectivity index is 2.54. The molecule has 72 valence electrons. The molecule has 0 amide bonds. The van der Waals surface area contributed by atoms with Crippen molar-refractivity contribution in [3.05, 3.63) is 24.5 Å². The smallest absolute Gasteiger partial charge is 0.0728 e. The zero-order chi connectivity index (χ0) is 9.68. The first-order valence-corrected chi connectivity index (χ1v) is 4.37. The van der Waals surface area contributed by atoms with Crippen LogP contribution in [0.5, 0.6) is 0 Å². The summed E-state index contributed by atoms with van der Waals surface area (Å²) in [4.78, 5) is 2.12. The number of allylic oxidation sites excluding steroid dienone is 1. The monoisotopic (exact) mass is 180 g/mol. The van der Waals surface area contributed by atoms with Crippen LogP contribution in [-0.4, -0.2) is 40.5 Å². The summed E-state index contributed by atoms with van der Waals surface area (Å²) in [6, 6.07) is 0. The van der Waals surface area contributed by atoms with Crippen LogP contribution < -0.4 is 0 Å². The normalized spacial score (nSPS) is 10.7. The predicted octanol–water partition coefficient (Wildman–Crippen LogP) is 0.568. The lowest BCUT2D eigenvalue weighted by atomic mass is 10.3. The lowest BCUT2D eigenvalue weighted by Gasteiger charge is -2.10. The molecule has 13 heavy (non-hydrogen) atoms. The fourth-order valence-electron chi connectivity index (χ4n) is 1.07. The van der Waals surface area contributed by atoms with Gasteiger partial charge in [0.25, 0.3) is 0 Å². The van der Waals surface area contributed by atoms with Crippen molar-refractivity contribution in [2.45, 2.75) is 13.0 Å². The molecule has 0 bridgehead atoms. The van der Waals surface area contributed by atoms with Crippen LogP contribution in [0, 0.1) is 0 Å². The van der Waals surface area contributed by atoms with E-state index in [1.165, 1.54) is 0 Å². The molecule has 0 atom stereocenters. The van der Waals surface area contributed by atoms with Gasteiger partial charge < -0.3 is 4.90 Å². The first-order valence-electron chi connectivity index (χ1n) is 4.37. The van der Waals surface area contributed by atoms with Gasteiger partial charge >= 0.3 is 0 Å². The van der Waals surface area contributed by atoms with E-state index in [0.29, 0.717) is 0 Å². The molecule has 0 N–H and O–H groups in total. The van der Waals surface area contributed by atoms with E-state index in [9.17, 15) is 0 Å². The molecule has 4 heteroatoms. The fourth-order valence-corrected chi connectivity index (χ4v) is 1.07. The summed E-state index contributed by atoms with van der Waals surface area (Å²) in [6.07, 6.45) is 4.49. The Morgan fingerprint density at radius 1 is 1.62 bits per heavy atom. The summed E-state index contributed by atoms with van der Waals surface area (Å²) in [5, 5.41) is 7.86. The average Bonchev–Trinajstić information content (AvgIpc) is 2.49. The van der Waals surface area contributed by atoms with Gasteiger partial charge in [0, 0.05) is 13.0 Å². The molecule has 0 radical (unpaired) electrons. The Morgan fingerprint density at radius 2 is 2.38 bits per heavy atom. The Hall–Kier alpha value is -1.16. The van der Waals surface area contributed by atoms with E-state index in [2.05, 4.69) is 21.8 Å². The third kappa shape index (κ3) is 2.99. The standard InChI is InChI=1S/C9H16N4/c1-4-5-9-8-10-11-13(9)7-6-12(2)3/h4,8H,1,5-7H2,2-3H3. The Labute approximate surface area is 78.9 Å². The molecule has 0 spiro atoms. The van der Waals surface area contributed by atoms with Gasteiger partial charge in [-0.2, -0.15) is 0 Å². The molecular formula is C9H16N4. The molecule has 1 rings (SSSR count). The Bertz CT molecular complexity index is 264. The van der Waals surface area contributed by atoms with E-state index < -0.39 is 0 Å². The molecule has 0 saturated carbocycles.